The molecule has 9 heteroatoms. The highest BCUT2D eigenvalue weighted by molar-refractivity contribution is 7.15. The number of nitrogens with zero attached hydrogens (tertiary/aromatic N) is 2. The minimum atomic E-state index is -0.750. The van der Waals surface area contributed by atoms with E-state index in [9.17, 15) is 19.7 Å². The van der Waals surface area contributed by atoms with Gasteiger partial charge in [0.25, 0.3) is 0 Å². The second-order valence-corrected chi connectivity index (χ2v) is 5.46. The first-order valence-electron chi connectivity index (χ1n) is 5.94. The van der Waals surface area contributed by atoms with Crippen LogP contribution in [0.5, 0.6) is 0 Å². The summed E-state index contributed by atoms with van der Waals surface area (Å²) in [5.74, 6) is -0.583. The fourth-order valence-electron chi connectivity index (χ4n) is 2.02. The number of hydrogen-bond acceptors (Lipinski definition) is 6. The lowest BCUT2D eigenvalue weighted by molar-refractivity contribution is -0.380. The second kappa shape index (κ2) is 5.52. The third-order valence-corrected chi connectivity index (χ3v) is 4.34. The van der Waals surface area contributed by atoms with Gasteiger partial charge in [-0.25, -0.2) is 9.59 Å². The predicted octanol–water partition coefficient (Wildman–Crippen LogP) is 1.80. The van der Waals surface area contributed by atoms with Gasteiger partial charge >= 0.3 is 17.0 Å². The fourth-order valence-corrected chi connectivity index (χ4v) is 2.90. The molecule has 0 radical (unpaired) electrons. The molecule has 8 nitrogen and oxygen atoms in total. The van der Waals surface area contributed by atoms with E-state index in [1.807, 2.05) is 0 Å². The number of rotatable bonds is 3. The van der Waals surface area contributed by atoms with Gasteiger partial charge in [0, 0.05) is 23.7 Å². The molecule has 0 fully saturated rings. The Hall–Kier alpha value is -2.42. The van der Waals surface area contributed by atoms with E-state index in [-0.39, 0.29) is 16.6 Å². The number of carbonyl (C=O) groups excluding carboxylic acids is 2. The molecule has 0 aromatic carbocycles. The zero-order chi connectivity index (χ0) is 15.7. The summed E-state index contributed by atoms with van der Waals surface area (Å²) in [4.78, 5) is 35.9. The molecule has 1 atom stereocenters. The number of thiophene rings is 1. The molecule has 1 aromatic heterocycles. The largest absolute Gasteiger partial charge is 0.466 e. The molecule has 0 aliphatic carbocycles. The van der Waals surface area contributed by atoms with Crippen molar-refractivity contribution < 1.29 is 19.2 Å². The van der Waals surface area contributed by atoms with Crippen molar-refractivity contribution in [2.24, 2.45) is 0 Å². The minimum Gasteiger partial charge on any atom is -0.466 e. The maximum atomic E-state index is 12.0. The average Bonchev–Trinajstić information content (AvgIpc) is 2.93. The van der Waals surface area contributed by atoms with Crippen molar-refractivity contribution >= 4 is 28.3 Å². The van der Waals surface area contributed by atoms with Crippen LogP contribution < -0.4 is 5.32 Å². The van der Waals surface area contributed by atoms with Gasteiger partial charge in [0.2, 0.25) is 0 Å². The lowest BCUT2D eigenvalue weighted by Crippen LogP contribution is -2.45. The Kier molecular flexibility index (Phi) is 3.94. The van der Waals surface area contributed by atoms with E-state index in [0.29, 0.717) is 10.6 Å². The molecule has 1 aliphatic heterocycles. The molecule has 0 saturated heterocycles. The summed E-state index contributed by atoms with van der Waals surface area (Å²) < 4.78 is 4.75. The minimum absolute atomic E-state index is 0.0555. The van der Waals surface area contributed by atoms with Gasteiger partial charge in [-0.1, -0.05) is 11.3 Å². The molecule has 0 bridgehead atoms. The van der Waals surface area contributed by atoms with Crippen molar-refractivity contribution in [3.05, 3.63) is 38.4 Å². The number of amides is 2. The summed E-state index contributed by atoms with van der Waals surface area (Å²) >= 11 is 0.910. The van der Waals surface area contributed by atoms with Crippen LogP contribution in [0.3, 0.4) is 0 Å². The standard InChI is InChI=1S/C12H13N3O5S/c1-6-9(11(16)20-3)10(13-12(17)14(6)2)7-4-5-8(21-7)15(18)19/h4-5,10H,1-3H3,(H,13,17). The molecule has 2 rings (SSSR count). The molecular weight excluding hydrogens is 298 g/mol. The summed E-state index contributed by atoms with van der Waals surface area (Å²) in [5.41, 5.74) is 0.711. The zero-order valence-electron chi connectivity index (χ0n) is 11.6. The average molecular weight is 311 g/mol. The van der Waals surface area contributed by atoms with E-state index >= 15 is 0 Å². The highest BCUT2D eigenvalue weighted by Crippen LogP contribution is 2.36. The van der Waals surface area contributed by atoms with Crippen LogP contribution in [0, 0.1) is 10.1 Å². The van der Waals surface area contributed by atoms with Crippen LogP contribution in [0.1, 0.15) is 17.8 Å². The molecule has 21 heavy (non-hydrogen) atoms. The first-order chi connectivity index (χ1) is 9.86. The van der Waals surface area contributed by atoms with E-state index < -0.39 is 16.9 Å². The van der Waals surface area contributed by atoms with E-state index in [2.05, 4.69) is 5.32 Å². The maximum absolute atomic E-state index is 12.0. The molecule has 112 valence electrons. The Morgan fingerprint density at radius 2 is 2.19 bits per heavy atom. The van der Waals surface area contributed by atoms with Crippen molar-refractivity contribution in [1.82, 2.24) is 10.2 Å². The van der Waals surface area contributed by atoms with Gasteiger partial charge in [-0.3, -0.25) is 10.1 Å². The number of nitrogens with one attached hydrogen (secondary N) is 1. The quantitative estimate of drug-likeness (QED) is 0.521. The highest BCUT2D eigenvalue weighted by atomic mass is 32.1. The molecule has 2 heterocycles. The Bertz CT molecular complexity index is 651. The molecule has 1 N–H and O–H groups in total. The van der Waals surface area contributed by atoms with Gasteiger partial charge < -0.3 is 15.0 Å². The van der Waals surface area contributed by atoms with Crippen LogP contribution in [0.25, 0.3) is 0 Å². The normalized spacial score (nSPS) is 18.5. The number of ether oxygens (including phenoxy) is 1. The number of carbonyl (C=O) groups is 2. The molecule has 1 aliphatic rings. The van der Waals surface area contributed by atoms with Crippen LogP contribution in [0.4, 0.5) is 9.80 Å². The van der Waals surface area contributed by atoms with E-state index in [0.717, 1.165) is 11.3 Å². The molecule has 2 amide bonds. The van der Waals surface area contributed by atoms with Crippen molar-refractivity contribution in [3.63, 3.8) is 0 Å². The Labute approximate surface area is 124 Å². The highest BCUT2D eigenvalue weighted by Gasteiger charge is 2.36. The zero-order valence-corrected chi connectivity index (χ0v) is 12.4. The van der Waals surface area contributed by atoms with E-state index in [1.165, 1.54) is 31.2 Å². The number of esters is 1. The first kappa shape index (κ1) is 15.0. The van der Waals surface area contributed by atoms with E-state index in [4.69, 9.17) is 4.74 Å². The van der Waals surface area contributed by atoms with Gasteiger partial charge in [0.15, 0.2) is 0 Å². The lowest BCUT2D eigenvalue weighted by Gasteiger charge is -2.32. The van der Waals surface area contributed by atoms with Gasteiger partial charge in [-0.05, 0) is 13.0 Å². The number of methoxy groups -OCH3 is 1. The summed E-state index contributed by atoms with van der Waals surface area (Å²) in [7, 11) is 2.77. The molecule has 1 unspecified atom stereocenters. The van der Waals surface area contributed by atoms with Crippen LogP contribution in [0.15, 0.2) is 23.4 Å². The molecular formula is C12H13N3O5S. The Balaban J connectivity index is 2.50. The third kappa shape index (κ3) is 2.59. The van der Waals surface area contributed by atoms with Crippen molar-refractivity contribution in [2.45, 2.75) is 13.0 Å². The van der Waals surface area contributed by atoms with Crippen LogP contribution in [-0.4, -0.2) is 36.0 Å². The third-order valence-electron chi connectivity index (χ3n) is 3.24. The van der Waals surface area contributed by atoms with Crippen LogP contribution in [-0.2, 0) is 9.53 Å². The van der Waals surface area contributed by atoms with E-state index in [1.54, 1.807) is 6.92 Å². The molecule has 0 spiro atoms. The SMILES string of the molecule is COC(=O)C1=C(C)N(C)C(=O)NC1c1ccc([N+](=O)[O-])s1. The molecule has 0 saturated carbocycles. The first-order valence-corrected chi connectivity index (χ1v) is 6.76. The smallest absolute Gasteiger partial charge is 0.338 e. The fraction of sp³-hybridized carbons (Fsp3) is 0.333. The summed E-state index contributed by atoms with van der Waals surface area (Å²) in [5, 5.41) is 13.4. The summed E-state index contributed by atoms with van der Waals surface area (Å²) in [6, 6.07) is 1.73. The van der Waals surface area contributed by atoms with Crippen molar-refractivity contribution in [2.75, 3.05) is 14.2 Å². The number of hydrogen-bond donors (Lipinski definition) is 1. The monoisotopic (exact) mass is 311 g/mol. The number of nitro groups is 1. The summed E-state index contributed by atoms with van der Waals surface area (Å²) in [6.45, 7) is 1.63. The van der Waals surface area contributed by atoms with Crippen molar-refractivity contribution in [1.29, 1.82) is 0 Å². The van der Waals surface area contributed by atoms with Gasteiger partial charge in [0.1, 0.15) is 0 Å². The number of allylic oxidation sites excluding steroid dienone is 1. The maximum Gasteiger partial charge on any atom is 0.338 e. The molecule has 1 aromatic rings. The lowest BCUT2D eigenvalue weighted by atomic mass is 10.0. The summed E-state index contributed by atoms with van der Waals surface area (Å²) in [6.07, 6.45) is 0. The predicted molar refractivity (Wildman–Crippen MR) is 74.7 cm³/mol. The van der Waals surface area contributed by atoms with Crippen LogP contribution >= 0.6 is 11.3 Å². The second-order valence-electron chi connectivity index (χ2n) is 4.37. The Morgan fingerprint density at radius 3 is 2.71 bits per heavy atom. The topological polar surface area (TPSA) is 102 Å². The van der Waals surface area contributed by atoms with Crippen LogP contribution in [0.2, 0.25) is 0 Å². The number of urea groups is 1. The van der Waals surface area contributed by atoms with Gasteiger partial charge in [-0.2, -0.15) is 0 Å². The Morgan fingerprint density at radius 1 is 1.52 bits per heavy atom. The van der Waals surface area contributed by atoms with Crippen molar-refractivity contribution in [3.8, 4) is 0 Å². The van der Waals surface area contributed by atoms with Gasteiger partial charge in [0.05, 0.1) is 23.6 Å². The van der Waals surface area contributed by atoms with Gasteiger partial charge in [-0.15, -0.1) is 0 Å².